The largest absolute Gasteiger partial charge is 0.481 e. The zero-order chi connectivity index (χ0) is 15.2. The van der Waals surface area contributed by atoms with Gasteiger partial charge in [0.1, 0.15) is 0 Å². The molecule has 6 nitrogen and oxygen atoms in total. The highest BCUT2D eigenvalue weighted by Crippen LogP contribution is 2.25. The lowest BCUT2D eigenvalue weighted by Gasteiger charge is -2.37. The van der Waals surface area contributed by atoms with Crippen molar-refractivity contribution in [2.75, 3.05) is 20.1 Å². The summed E-state index contributed by atoms with van der Waals surface area (Å²) < 4.78 is 28.0. The van der Waals surface area contributed by atoms with E-state index >= 15 is 0 Å². The zero-order valence-corrected chi connectivity index (χ0v) is 13.2. The van der Waals surface area contributed by atoms with E-state index in [1.54, 1.807) is 7.05 Å². The monoisotopic (exact) mass is 306 g/mol. The molecule has 20 heavy (non-hydrogen) atoms. The second-order valence-corrected chi connectivity index (χ2v) is 7.36. The van der Waals surface area contributed by atoms with Crippen molar-refractivity contribution >= 4 is 16.2 Å². The topological polar surface area (TPSA) is 77.9 Å². The third-order valence-electron chi connectivity index (χ3n) is 3.78. The molecule has 1 N–H and O–H groups in total. The number of carboxylic acid groups (broad SMARTS) is 1. The number of hydrogen-bond acceptors (Lipinski definition) is 3. The van der Waals surface area contributed by atoms with Crippen molar-refractivity contribution in [1.82, 2.24) is 8.61 Å². The molecule has 1 heterocycles. The molecule has 0 aliphatic carbocycles. The maximum Gasteiger partial charge on any atom is 0.303 e. The number of nitrogens with zero attached hydrogens (tertiary/aromatic N) is 2. The Kier molecular flexibility index (Phi) is 6.91. The van der Waals surface area contributed by atoms with Crippen LogP contribution < -0.4 is 0 Å². The van der Waals surface area contributed by atoms with Crippen LogP contribution in [-0.4, -0.2) is 54.3 Å². The summed E-state index contributed by atoms with van der Waals surface area (Å²) in [6, 6.07) is -0.172. The van der Waals surface area contributed by atoms with Gasteiger partial charge in [-0.25, -0.2) is 0 Å². The van der Waals surface area contributed by atoms with E-state index < -0.39 is 16.2 Å². The van der Waals surface area contributed by atoms with E-state index in [-0.39, 0.29) is 12.5 Å². The fraction of sp³-hybridized carbons (Fsp3) is 0.923. The van der Waals surface area contributed by atoms with Crippen LogP contribution in [-0.2, 0) is 15.0 Å². The van der Waals surface area contributed by atoms with Crippen molar-refractivity contribution in [1.29, 1.82) is 0 Å². The Bertz CT molecular complexity index is 411. The number of aliphatic carboxylic acids is 1. The Labute approximate surface area is 121 Å². The molecule has 0 bridgehead atoms. The van der Waals surface area contributed by atoms with Gasteiger partial charge < -0.3 is 5.11 Å². The minimum atomic E-state index is -3.46. The summed E-state index contributed by atoms with van der Waals surface area (Å²) >= 11 is 0. The molecule has 1 fully saturated rings. The van der Waals surface area contributed by atoms with Gasteiger partial charge in [-0.2, -0.15) is 17.0 Å². The van der Waals surface area contributed by atoms with Crippen LogP contribution in [0.2, 0.25) is 0 Å². The van der Waals surface area contributed by atoms with Crippen LogP contribution in [0.5, 0.6) is 0 Å². The standard InChI is InChI=1S/C13H26N2O4S/c1-3-4-10-14(2)20(18,19)15-11-6-5-7-12(15)8-9-13(16)17/h12H,3-11H2,1-2H3,(H,16,17). The van der Waals surface area contributed by atoms with Crippen molar-refractivity contribution in [2.45, 2.75) is 57.9 Å². The summed E-state index contributed by atoms with van der Waals surface area (Å²) in [6.45, 7) is 3.04. The molecule has 0 aromatic rings. The first-order valence-corrected chi connectivity index (χ1v) is 8.74. The fourth-order valence-corrected chi connectivity index (χ4v) is 4.20. The van der Waals surface area contributed by atoms with Gasteiger partial charge in [0.15, 0.2) is 0 Å². The van der Waals surface area contributed by atoms with Gasteiger partial charge in [0, 0.05) is 32.6 Å². The molecule has 1 atom stereocenters. The highest BCUT2D eigenvalue weighted by molar-refractivity contribution is 7.86. The van der Waals surface area contributed by atoms with Gasteiger partial charge in [0.2, 0.25) is 0 Å². The molecule has 1 aliphatic heterocycles. The summed E-state index contributed by atoms with van der Waals surface area (Å²) in [5.74, 6) is -0.868. The van der Waals surface area contributed by atoms with Crippen LogP contribution in [0.15, 0.2) is 0 Å². The molecule has 0 amide bonds. The molecule has 1 rings (SSSR count). The summed E-state index contributed by atoms with van der Waals surface area (Å²) in [4.78, 5) is 10.7. The van der Waals surface area contributed by atoms with Crippen LogP contribution in [0, 0.1) is 0 Å². The van der Waals surface area contributed by atoms with E-state index in [1.165, 1.54) is 8.61 Å². The van der Waals surface area contributed by atoms with Crippen molar-refractivity contribution in [3.8, 4) is 0 Å². The quantitative estimate of drug-likeness (QED) is 0.740. The first-order valence-electron chi connectivity index (χ1n) is 7.34. The van der Waals surface area contributed by atoms with Crippen molar-refractivity contribution in [3.63, 3.8) is 0 Å². The lowest BCUT2D eigenvalue weighted by Crippen LogP contribution is -2.49. The molecular weight excluding hydrogens is 280 g/mol. The van der Waals surface area contributed by atoms with Gasteiger partial charge in [0.05, 0.1) is 0 Å². The minimum Gasteiger partial charge on any atom is -0.481 e. The Morgan fingerprint density at radius 1 is 1.40 bits per heavy atom. The summed E-state index contributed by atoms with van der Waals surface area (Å²) in [7, 11) is -1.85. The van der Waals surface area contributed by atoms with Gasteiger partial charge in [-0.1, -0.05) is 19.8 Å². The maximum absolute atomic E-state index is 12.6. The predicted molar refractivity (Wildman–Crippen MR) is 77.7 cm³/mol. The SMILES string of the molecule is CCCCN(C)S(=O)(=O)N1CCCCC1CCC(=O)O. The average Bonchev–Trinajstić information content (AvgIpc) is 2.42. The maximum atomic E-state index is 12.6. The van der Waals surface area contributed by atoms with E-state index in [1.807, 2.05) is 6.92 Å². The molecule has 0 saturated carbocycles. The number of piperidine rings is 1. The summed E-state index contributed by atoms with van der Waals surface area (Å²) in [5.41, 5.74) is 0. The number of carboxylic acids is 1. The second-order valence-electron chi connectivity index (χ2n) is 5.38. The number of carbonyl (C=O) groups is 1. The van der Waals surface area contributed by atoms with Gasteiger partial charge in [-0.15, -0.1) is 0 Å². The Balaban J connectivity index is 2.74. The van der Waals surface area contributed by atoms with Crippen molar-refractivity contribution in [2.24, 2.45) is 0 Å². The van der Waals surface area contributed by atoms with Crippen LogP contribution >= 0.6 is 0 Å². The number of rotatable bonds is 8. The molecule has 1 aliphatic rings. The van der Waals surface area contributed by atoms with E-state index in [4.69, 9.17) is 5.11 Å². The lowest BCUT2D eigenvalue weighted by molar-refractivity contribution is -0.137. The van der Waals surface area contributed by atoms with Crippen LogP contribution in [0.1, 0.15) is 51.9 Å². The Morgan fingerprint density at radius 3 is 2.70 bits per heavy atom. The predicted octanol–water partition coefficient (Wildman–Crippen LogP) is 1.68. The fourth-order valence-electron chi connectivity index (χ4n) is 2.53. The molecule has 0 radical (unpaired) electrons. The molecule has 0 spiro atoms. The van der Waals surface area contributed by atoms with Gasteiger partial charge >= 0.3 is 5.97 Å². The average molecular weight is 306 g/mol. The van der Waals surface area contributed by atoms with Gasteiger partial charge in [-0.3, -0.25) is 4.79 Å². The zero-order valence-electron chi connectivity index (χ0n) is 12.4. The van der Waals surface area contributed by atoms with Crippen molar-refractivity contribution < 1.29 is 18.3 Å². The molecule has 118 valence electrons. The highest BCUT2D eigenvalue weighted by atomic mass is 32.2. The van der Waals surface area contributed by atoms with Crippen LogP contribution in [0.3, 0.4) is 0 Å². The third-order valence-corrected chi connectivity index (χ3v) is 5.83. The number of unbranched alkanes of at least 4 members (excludes halogenated alkanes) is 1. The normalized spacial score (nSPS) is 21.2. The number of hydrogen-bond donors (Lipinski definition) is 1. The van der Waals surface area contributed by atoms with Crippen LogP contribution in [0.25, 0.3) is 0 Å². The summed E-state index contributed by atoms with van der Waals surface area (Å²) in [6.07, 6.45) is 4.78. The Hall–Kier alpha value is -0.660. The smallest absolute Gasteiger partial charge is 0.303 e. The molecular formula is C13H26N2O4S. The van der Waals surface area contributed by atoms with Gasteiger partial charge in [-0.05, 0) is 25.7 Å². The molecule has 0 aromatic carbocycles. The first kappa shape index (κ1) is 17.4. The van der Waals surface area contributed by atoms with Gasteiger partial charge in [0.25, 0.3) is 10.2 Å². The van der Waals surface area contributed by atoms with E-state index in [0.717, 1.165) is 32.1 Å². The molecule has 0 aromatic heterocycles. The lowest BCUT2D eigenvalue weighted by atomic mass is 10.0. The highest BCUT2D eigenvalue weighted by Gasteiger charge is 2.34. The van der Waals surface area contributed by atoms with E-state index in [9.17, 15) is 13.2 Å². The van der Waals surface area contributed by atoms with E-state index in [2.05, 4.69) is 0 Å². The summed E-state index contributed by atoms with van der Waals surface area (Å²) in [5, 5.41) is 8.78. The molecule has 1 unspecified atom stereocenters. The molecule has 7 heteroatoms. The Morgan fingerprint density at radius 2 is 2.10 bits per heavy atom. The molecule has 1 saturated heterocycles. The first-order chi connectivity index (χ1) is 9.39. The second kappa shape index (κ2) is 7.95. The minimum absolute atomic E-state index is 0.0232. The van der Waals surface area contributed by atoms with Crippen molar-refractivity contribution in [3.05, 3.63) is 0 Å². The van der Waals surface area contributed by atoms with Crippen LogP contribution in [0.4, 0.5) is 0 Å². The van der Waals surface area contributed by atoms with E-state index in [0.29, 0.717) is 19.5 Å². The third kappa shape index (κ3) is 4.71.